The number of nitrogens with zero attached hydrogens (tertiary/aromatic N) is 1. The summed E-state index contributed by atoms with van der Waals surface area (Å²) in [7, 11) is 1.43. The first kappa shape index (κ1) is 15.9. The summed E-state index contributed by atoms with van der Waals surface area (Å²) < 4.78 is 13.2. The van der Waals surface area contributed by atoms with Crippen molar-refractivity contribution in [2.75, 3.05) is 12.4 Å². The molecule has 0 spiro atoms. The van der Waals surface area contributed by atoms with Crippen LogP contribution in [0.25, 0.3) is 5.57 Å². The highest BCUT2D eigenvalue weighted by Gasteiger charge is 2.36. The van der Waals surface area contributed by atoms with Gasteiger partial charge >= 0.3 is 0 Å². The van der Waals surface area contributed by atoms with Gasteiger partial charge in [-0.3, -0.25) is 14.5 Å². The average Bonchev–Trinajstić information content (AvgIpc) is 2.76. The van der Waals surface area contributed by atoms with Gasteiger partial charge in [-0.05, 0) is 54.8 Å². The molecule has 1 aliphatic heterocycles. The zero-order valence-electron chi connectivity index (χ0n) is 13.7. The number of carbonyl (C=O) groups excluding carboxylic acids is 2. The molecule has 1 N–H and O–H groups in total. The van der Waals surface area contributed by atoms with Crippen LogP contribution in [0.5, 0.6) is 0 Å². The topological polar surface area (TPSA) is 49.4 Å². The van der Waals surface area contributed by atoms with Gasteiger partial charge in [0.2, 0.25) is 0 Å². The van der Waals surface area contributed by atoms with Gasteiger partial charge in [-0.15, -0.1) is 0 Å². The molecule has 0 bridgehead atoms. The maximum absolute atomic E-state index is 13.2. The monoisotopic (exact) mass is 324 g/mol. The second-order valence-corrected chi connectivity index (χ2v) is 5.85. The van der Waals surface area contributed by atoms with Crippen molar-refractivity contribution in [2.24, 2.45) is 0 Å². The first-order chi connectivity index (χ1) is 11.4. The number of carbonyl (C=O) groups is 2. The largest absolute Gasteiger partial charge is 0.350 e. The molecule has 0 aromatic heterocycles. The fourth-order valence-electron chi connectivity index (χ4n) is 2.61. The molecule has 0 aliphatic carbocycles. The van der Waals surface area contributed by atoms with Gasteiger partial charge < -0.3 is 5.32 Å². The zero-order valence-corrected chi connectivity index (χ0v) is 13.7. The van der Waals surface area contributed by atoms with Crippen molar-refractivity contribution in [3.05, 3.63) is 70.7 Å². The molecule has 2 aromatic rings. The first-order valence-corrected chi connectivity index (χ1v) is 7.55. The van der Waals surface area contributed by atoms with Gasteiger partial charge in [-0.2, -0.15) is 0 Å². The van der Waals surface area contributed by atoms with Crippen molar-refractivity contribution in [1.82, 2.24) is 4.90 Å². The average molecular weight is 324 g/mol. The third-order valence-corrected chi connectivity index (χ3v) is 4.20. The minimum atomic E-state index is -0.405. The Morgan fingerprint density at radius 1 is 0.917 bits per heavy atom. The van der Waals surface area contributed by atoms with E-state index in [0.29, 0.717) is 5.56 Å². The molecule has 2 aromatic carbocycles. The molecule has 0 atom stereocenters. The van der Waals surface area contributed by atoms with Crippen LogP contribution in [0.3, 0.4) is 0 Å². The molecule has 2 amide bonds. The molecular weight excluding hydrogens is 307 g/mol. The van der Waals surface area contributed by atoms with Crippen LogP contribution in [-0.4, -0.2) is 23.8 Å². The molecule has 5 heteroatoms. The summed E-state index contributed by atoms with van der Waals surface area (Å²) in [6.07, 6.45) is 0. The number of rotatable bonds is 3. The van der Waals surface area contributed by atoms with Crippen LogP contribution in [0.1, 0.15) is 16.7 Å². The lowest BCUT2D eigenvalue weighted by Crippen LogP contribution is -2.27. The van der Waals surface area contributed by atoms with Crippen molar-refractivity contribution < 1.29 is 14.0 Å². The molecule has 0 unspecified atom stereocenters. The van der Waals surface area contributed by atoms with Gasteiger partial charge in [0.15, 0.2) is 0 Å². The summed E-state index contributed by atoms with van der Waals surface area (Å²) in [5, 5.41) is 3.06. The molecule has 3 rings (SSSR count). The summed E-state index contributed by atoms with van der Waals surface area (Å²) in [5.41, 5.74) is 3.90. The molecule has 24 heavy (non-hydrogen) atoms. The smallest absolute Gasteiger partial charge is 0.277 e. The highest BCUT2D eigenvalue weighted by Crippen LogP contribution is 2.30. The number of anilines is 1. The number of aryl methyl sites for hydroxylation is 2. The number of likely N-dealkylation sites (N-methyl/N-ethyl adjacent to an activating group) is 1. The second-order valence-electron chi connectivity index (χ2n) is 5.85. The Hall–Kier alpha value is -2.95. The van der Waals surface area contributed by atoms with Crippen LogP contribution < -0.4 is 5.32 Å². The predicted octanol–water partition coefficient (Wildman–Crippen LogP) is 3.26. The van der Waals surface area contributed by atoms with E-state index in [4.69, 9.17) is 0 Å². The number of imide groups is 1. The maximum Gasteiger partial charge on any atom is 0.277 e. The summed E-state index contributed by atoms with van der Waals surface area (Å²) in [6, 6.07) is 11.3. The number of amides is 2. The van der Waals surface area contributed by atoms with Crippen molar-refractivity contribution >= 4 is 23.1 Å². The molecule has 0 radical (unpaired) electrons. The third kappa shape index (κ3) is 2.69. The van der Waals surface area contributed by atoms with Crippen molar-refractivity contribution in [3.63, 3.8) is 0 Å². The van der Waals surface area contributed by atoms with Gasteiger partial charge in [0.1, 0.15) is 11.5 Å². The quantitative estimate of drug-likeness (QED) is 0.882. The highest BCUT2D eigenvalue weighted by molar-refractivity contribution is 6.36. The summed E-state index contributed by atoms with van der Waals surface area (Å²) in [6.45, 7) is 3.98. The SMILES string of the molecule is Cc1ccc(NC2=C(c3ccc(F)cc3)C(=O)N(C)C2=O)cc1C. The van der Waals surface area contributed by atoms with Gasteiger partial charge in [0, 0.05) is 12.7 Å². The van der Waals surface area contributed by atoms with Crippen LogP contribution in [0, 0.1) is 19.7 Å². The van der Waals surface area contributed by atoms with Crippen molar-refractivity contribution in [1.29, 1.82) is 0 Å². The van der Waals surface area contributed by atoms with E-state index in [1.54, 1.807) is 0 Å². The lowest BCUT2D eigenvalue weighted by atomic mass is 10.0. The molecule has 122 valence electrons. The summed E-state index contributed by atoms with van der Waals surface area (Å²) in [5.74, 6) is -1.20. The second kappa shape index (κ2) is 5.92. The minimum absolute atomic E-state index is 0.206. The molecule has 1 heterocycles. The van der Waals surface area contributed by atoms with E-state index in [1.807, 2.05) is 32.0 Å². The van der Waals surface area contributed by atoms with E-state index in [1.165, 1.54) is 31.3 Å². The van der Waals surface area contributed by atoms with Crippen LogP contribution in [0.15, 0.2) is 48.2 Å². The summed E-state index contributed by atoms with van der Waals surface area (Å²) in [4.78, 5) is 25.9. The lowest BCUT2D eigenvalue weighted by Gasteiger charge is -2.10. The van der Waals surface area contributed by atoms with E-state index < -0.39 is 17.6 Å². The summed E-state index contributed by atoms with van der Waals surface area (Å²) >= 11 is 0. The van der Waals surface area contributed by atoms with Crippen LogP contribution in [0.4, 0.5) is 10.1 Å². The minimum Gasteiger partial charge on any atom is -0.350 e. The Labute approximate surface area is 139 Å². The Bertz CT molecular complexity index is 869. The Balaban J connectivity index is 2.08. The standard InChI is InChI=1S/C19H17FN2O2/c1-11-4-9-15(10-12(11)2)21-17-16(18(23)22(3)19(17)24)13-5-7-14(20)8-6-13/h4-10,21H,1-3H3. The van der Waals surface area contributed by atoms with Gasteiger partial charge in [-0.25, -0.2) is 4.39 Å². The number of halogens is 1. The fourth-order valence-corrected chi connectivity index (χ4v) is 2.61. The molecular formula is C19H17FN2O2. The normalized spacial score (nSPS) is 14.6. The maximum atomic E-state index is 13.2. The molecule has 0 saturated carbocycles. The Kier molecular flexibility index (Phi) is 3.93. The van der Waals surface area contributed by atoms with Crippen molar-refractivity contribution in [3.8, 4) is 0 Å². The van der Waals surface area contributed by atoms with E-state index in [-0.39, 0.29) is 11.3 Å². The zero-order chi connectivity index (χ0) is 17.4. The molecule has 1 aliphatic rings. The Morgan fingerprint density at radius 3 is 2.21 bits per heavy atom. The number of hydrogen-bond acceptors (Lipinski definition) is 3. The fraction of sp³-hybridized carbons (Fsp3) is 0.158. The van der Waals surface area contributed by atoms with E-state index in [9.17, 15) is 14.0 Å². The van der Waals surface area contributed by atoms with Gasteiger partial charge in [0.25, 0.3) is 11.8 Å². The Morgan fingerprint density at radius 2 is 1.58 bits per heavy atom. The van der Waals surface area contributed by atoms with E-state index >= 15 is 0 Å². The van der Waals surface area contributed by atoms with Crippen LogP contribution in [0.2, 0.25) is 0 Å². The molecule has 0 saturated heterocycles. The van der Waals surface area contributed by atoms with E-state index in [0.717, 1.165) is 21.7 Å². The predicted molar refractivity (Wildman–Crippen MR) is 90.6 cm³/mol. The molecule has 4 nitrogen and oxygen atoms in total. The number of hydrogen-bond donors (Lipinski definition) is 1. The first-order valence-electron chi connectivity index (χ1n) is 7.55. The lowest BCUT2D eigenvalue weighted by molar-refractivity contribution is -0.135. The van der Waals surface area contributed by atoms with Gasteiger partial charge in [-0.1, -0.05) is 18.2 Å². The number of benzene rings is 2. The van der Waals surface area contributed by atoms with Crippen LogP contribution in [-0.2, 0) is 9.59 Å². The highest BCUT2D eigenvalue weighted by atomic mass is 19.1. The van der Waals surface area contributed by atoms with Crippen molar-refractivity contribution in [2.45, 2.75) is 13.8 Å². The van der Waals surface area contributed by atoms with E-state index in [2.05, 4.69) is 5.32 Å². The van der Waals surface area contributed by atoms with Crippen LogP contribution >= 0.6 is 0 Å². The third-order valence-electron chi connectivity index (χ3n) is 4.20. The molecule has 0 fully saturated rings. The number of nitrogens with one attached hydrogen (secondary N) is 1. The van der Waals surface area contributed by atoms with Gasteiger partial charge in [0.05, 0.1) is 5.57 Å².